The van der Waals surface area contributed by atoms with Gasteiger partial charge in [0.05, 0.1) is 0 Å². The molecule has 1 aromatic rings. The number of hydrogen-bond acceptors (Lipinski definition) is 4. The van der Waals surface area contributed by atoms with Gasteiger partial charge in [-0.05, 0) is 6.92 Å². The van der Waals surface area contributed by atoms with Crippen molar-refractivity contribution in [2.45, 2.75) is 19.4 Å². The maximum absolute atomic E-state index is 5.51. The van der Waals surface area contributed by atoms with Crippen LogP contribution in [-0.4, -0.2) is 21.2 Å². The Balaban J connectivity index is 2.58. The first-order chi connectivity index (χ1) is 4.68. The van der Waals surface area contributed by atoms with Gasteiger partial charge in [-0.3, -0.25) is 5.10 Å². The zero-order valence-electron chi connectivity index (χ0n) is 5.83. The number of nitrogens with zero attached hydrogens (tertiary/aromatic N) is 2. The number of nitrogen functional groups attached to an aromatic ring is 1. The van der Waals surface area contributed by atoms with Crippen LogP contribution in [0.5, 0.6) is 0 Å². The van der Waals surface area contributed by atoms with Gasteiger partial charge in [0.1, 0.15) is 5.82 Å². The van der Waals surface area contributed by atoms with Gasteiger partial charge in [-0.1, -0.05) is 0 Å². The molecule has 0 amide bonds. The molecule has 5 nitrogen and oxygen atoms in total. The summed E-state index contributed by atoms with van der Waals surface area (Å²) >= 11 is 0. The third kappa shape index (κ3) is 1.70. The lowest BCUT2D eigenvalue weighted by molar-refractivity contribution is 0.705. The van der Waals surface area contributed by atoms with Crippen molar-refractivity contribution in [3.05, 3.63) is 5.82 Å². The number of aromatic nitrogens is 3. The van der Waals surface area contributed by atoms with Gasteiger partial charge in [-0.25, -0.2) is 0 Å². The van der Waals surface area contributed by atoms with Gasteiger partial charge in [0.2, 0.25) is 5.95 Å². The topological polar surface area (TPSA) is 93.6 Å². The fourth-order valence-electron chi connectivity index (χ4n) is 0.706. The summed E-state index contributed by atoms with van der Waals surface area (Å²) in [6, 6.07) is 0.0901. The second-order valence-electron chi connectivity index (χ2n) is 2.32. The van der Waals surface area contributed by atoms with Gasteiger partial charge in [-0.15, -0.1) is 5.10 Å². The first-order valence-corrected chi connectivity index (χ1v) is 3.11. The average Bonchev–Trinajstić information content (AvgIpc) is 2.13. The molecule has 10 heavy (non-hydrogen) atoms. The molecule has 1 heterocycles. The molecule has 0 bridgehead atoms. The van der Waals surface area contributed by atoms with Crippen molar-refractivity contribution >= 4 is 5.95 Å². The molecule has 0 saturated heterocycles. The maximum atomic E-state index is 5.51. The van der Waals surface area contributed by atoms with E-state index >= 15 is 0 Å². The van der Waals surface area contributed by atoms with Crippen molar-refractivity contribution in [1.82, 2.24) is 15.2 Å². The minimum absolute atomic E-state index is 0.0901. The number of nitrogens with two attached hydrogens (primary N) is 2. The molecule has 0 spiro atoms. The summed E-state index contributed by atoms with van der Waals surface area (Å²) in [5.74, 6) is 1.02. The second kappa shape index (κ2) is 2.66. The number of hydrogen-bond donors (Lipinski definition) is 3. The Labute approximate surface area is 58.8 Å². The number of aromatic amines is 1. The van der Waals surface area contributed by atoms with E-state index in [1.807, 2.05) is 6.92 Å². The zero-order chi connectivity index (χ0) is 7.56. The summed E-state index contributed by atoms with van der Waals surface area (Å²) in [4.78, 5) is 3.88. The number of anilines is 1. The highest BCUT2D eigenvalue weighted by Gasteiger charge is 2.01. The fraction of sp³-hybridized carbons (Fsp3) is 0.600. The minimum Gasteiger partial charge on any atom is -0.367 e. The Morgan fingerprint density at radius 1 is 1.70 bits per heavy atom. The number of H-pyrrole nitrogens is 1. The molecule has 5 N–H and O–H groups in total. The number of rotatable bonds is 2. The fourth-order valence-corrected chi connectivity index (χ4v) is 0.706. The molecule has 56 valence electrons. The van der Waals surface area contributed by atoms with E-state index in [4.69, 9.17) is 11.5 Å². The van der Waals surface area contributed by atoms with Crippen LogP contribution in [0.25, 0.3) is 0 Å². The van der Waals surface area contributed by atoms with Crippen molar-refractivity contribution in [3.8, 4) is 0 Å². The predicted octanol–water partition coefficient (Wildman–Crippen LogP) is -0.723. The van der Waals surface area contributed by atoms with Crippen LogP contribution in [0, 0.1) is 0 Å². The Hall–Kier alpha value is -1.10. The van der Waals surface area contributed by atoms with E-state index in [1.165, 1.54) is 0 Å². The maximum Gasteiger partial charge on any atom is 0.239 e. The van der Waals surface area contributed by atoms with Crippen LogP contribution in [0.15, 0.2) is 0 Å². The van der Waals surface area contributed by atoms with Crippen molar-refractivity contribution < 1.29 is 0 Å². The smallest absolute Gasteiger partial charge is 0.239 e. The lowest BCUT2D eigenvalue weighted by atomic mass is 10.2. The van der Waals surface area contributed by atoms with E-state index in [2.05, 4.69) is 15.2 Å². The van der Waals surface area contributed by atoms with E-state index in [1.54, 1.807) is 0 Å². The second-order valence-corrected chi connectivity index (χ2v) is 2.32. The summed E-state index contributed by atoms with van der Waals surface area (Å²) in [6.07, 6.45) is 0.685. The van der Waals surface area contributed by atoms with Gasteiger partial charge in [0.15, 0.2) is 0 Å². The van der Waals surface area contributed by atoms with Crippen molar-refractivity contribution in [2.75, 3.05) is 5.73 Å². The van der Waals surface area contributed by atoms with Crippen LogP contribution in [0.2, 0.25) is 0 Å². The summed E-state index contributed by atoms with van der Waals surface area (Å²) in [6.45, 7) is 1.90. The normalized spacial score (nSPS) is 13.4. The Morgan fingerprint density at radius 2 is 2.40 bits per heavy atom. The summed E-state index contributed by atoms with van der Waals surface area (Å²) in [7, 11) is 0. The molecule has 1 unspecified atom stereocenters. The van der Waals surface area contributed by atoms with Gasteiger partial charge < -0.3 is 11.5 Å². The van der Waals surface area contributed by atoms with Gasteiger partial charge in [0.25, 0.3) is 0 Å². The summed E-state index contributed by atoms with van der Waals surface area (Å²) in [5.41, 5.74) is 10.8. The third-order valence-corrected chi connectivity index (χ3v) is 1.06. The Bertz CT molecular complexity index is 204. The predicted molar refractivity (Wildman–Crippen MR) is 38.1 cm³/mol. The largest absolute Gasteiger partial charge is 0.367 e. The molecule has 0 aliphatic carbocycles. The SMILES string of the molecule is CC(N)Cc1nc(N)n[nH]1. The van der Waals surface area contributed by atoms with E-state index in [0.717, 1.165) is 5.82 Å². The molecule has 0 radical (unpaired) electrons. The lowest BCUT2D eigenvalue weighted by Crippen LogP contribution is -2.18. The molecule has 0 fully saturated rings. The van der Waals surface area contributed by atoms with E-state index in [0.29, 0.717) is 6.42 Å². The molecule has 0 aromatic carbocycles. The standard InChI is InChI=1S/C5H11N5/c1-3(6)2-4-8-5(7)10-9-4/h3H,2,6H2,1H3,(H3,7,8,9,10). The zero-order valence-corrected chi connectivity index (χ0v) is 5.83. The number of nitrogens with one attached hydrogen (secondary N) is 1. The van der Waals surface area contributed by atoms with Crippen LogP contribution in [0.4, 0.5) is 5.95 Å². The molecule has 0 saturated carbocycles. The van der Waals surface area contributed by atoms with E-state index < -0.39 is 0 Å². The van der Waals surface area contributed by atoms with Crippen molar-refractivity contribution in [1.29, 1.82) is 0 Å². The lowest BCUT2D eigenvalue weighted by Gasteiger charge is -1.97. The van der Waals surface area contributed by atoms with Crippen molar-refractivity contribution in [2.24, 2.45) is 5.73 Å². The summed E-state index contributed by atoms with van der Waals surface area (Å²) < 4.78 is 0. The highest BCUT2D eigenvalue weighted by Crippen LogP contribution is 1.95. The molecular formula is C5H11N5. The summed E-state index contributed by atoms with van der Waals surface area (Å²) in [5, 5.41) is 6.33. The van der Waals surface area contributed by atoms with Gasteiger partial charge in [0, 0.05) is 12.5 Å². The van der Waals surface area contributed by atoms with Gasteiger partial charge >= 0.3 is 0 Å². The Morgan fingerprint density at radius 3 is 2.80 bits per heavy atom. The quantitative estimate of drug-likeness (QED) is 0.506. The highest BCUT2D eigenvalue weighted by atomic mass is 15.3. The van der Waals surface area contributed by atoms with Crippen molar-refractivity contribution in [3.63, 3.8) is 0 Å². The molecule has 1 atom stereocenters. The first-order valence-electron chi connectivity index (χ1n) is 3.11. The van der Waals surface area contributed by atoms with E-state index in [-0.39, 0.29) is 12.0 Å². The van der Waals surface area contributed by atoms with Crippen LogP contribution >= 0.6 is 0 Å². The third-order valence-electron chi connectivity index (χ3n) is 1.06. The molecule has 0 aliphatic heterocycles. The minimum atomic E-state index is 0.0901. The van der Waals surface area contributed by atoms with Gasteiger partial charge in [-0.2, -0.15) is 4.98 Å². The van der Waals surface area contributed by atoms with E-state index in [9.17, 15) is 0 Å². The molecular weight excluding hydrogens is 130 g/mol. The van der Waals surface area contributed by atoms with Crippen LogP contribution < -0.4 is 11.5 Å². The molecule has 1 rings (SSSR count). The average molecular weight is 141 g/mol. The molecule has 0 aliphatic rings. The first kappa shape index (κ1) is 7.01. The van der Waals surface area contributed by atoms with Crippen LogP contribution in [-0.2, 0) is 6.42 Å². The molecule has 1 aromatic heterocycles. The highest BCUT2D eigenvalue weighted by molar-refractivity contribution is 5.12. The van der Waals surface area contributed by atoms with Crippen LogP contribution in [0.1, 0.15) is 12.7 Å². The van der Waals surface area contributed by atoms with Crippen LogP contribution in [0.3, 0.4) is 0 Å². The monoisotopic (exact) mass is 141 g/mol. The molecule has 5 heteroatoms. The Kier molecular flexibility index (Phi) is 1.86.